The zero-order valence-corrected chi connectivity index (χ0v) is 9.69. The van der Waals surface area contributed by atoms with Crippen molar-refractivity contribution in [2.24, 2.45) is 0 Å². The molecule has 0 aromatic rings. The van der Waals surface area contributed by atoms with E-state index in [0.717, 1.165) is 0 Å². The molecule has 7 heteroatoms. The molecule has 0 saturated carbocycles. The Balaban J connectivity index is -0.0000000183. The zero-order valence-electron chi connectivity index (χ0n) is 4.51. The Morgan fingerprint density at radius 2 is 1.12 bits per heavy atom. The molecule has 0 atom stereocenters. The first-order valence-corrected chi connectivity index (χ1v) is 1.25. The van der Waals surface area contributed by atoms with E-state index in [4.69, 9.17) is 18.8 Å². The molecule has 8 heavy (non-hydrogen) atoms. The first kappa shape index (κ1) is 22.6. The number of carbonyl (C=O) groups is 1. The molecule has 37 valence electrons. The predicted molar refractivity (Wildman–Crippen MR) is 6.08 cm³/mol. The quantitative estimate of drug-likeness (QED) is 0.344. The second kappa shape index (κ2) is 23.5. The third-order valence-electron chi connectivity index (χ3n) is 0. The fourth-order valence-corrected chi connectivity index (χ4v) is 0. The first-order valence-electron chi connectivity index (χ1n) is 0.767. The Hall–Kier alpha value is 1.59. The molecule has 0 fully saturated rings. The Labute approximate surface area is 98.6 Å². The van der Waals surface area contributed by atoms with Gasteiger partial charge in [0.15, 0.2) is 0 Å². The Morgan fingerprint density at radius 3 is 1.12 bits per heavy atom. The van der Waals surface area contributed by atoms with Gasteiger partial charge in [-0.15, -0.1) is 0 Å². The van der Waals surface area contributed by atoms with Gasteiger partial charge in [0, 0.05) is 0 Å². The van der Waals surface area contributed by atoms with Crippen LogP contribution in [0.2, 0.25) is 0 Å². The van der Waals surface area contributed by atoms with Crippen molar-refractivity contribution in [3.63, 3.8) is 0 Å². The van der Waals surface area contributed by atoms with Crippen LogP contribution in [0.15, 0.2) is 0 Å². The standard InChI is InChI=1S/CH2O3.Mn.2Na.O/c2-1(3)4;;;;/h(H2,2,3,4);;;;/q;;2*+1;/p-2. The topological polar surface area (TPSA) is 80.3 Å². The van der Waals surface area contributed by atoms with E-state index in [1.807, 2.05) is 0 Å². The van der Waals surface area contributed by atoms with Crippen molar-refractivity contribution < 1.29 is 93.9 Å². The van der Waals surface area contributed by atoms with Gasteiger partial charge < -0.3 is 15.0 Å². The molecule has 0 aliphatic heterocycles. The van der Waals surface area contributed by atoms with Crippen LogP contribution in [0.25, 0.3) is 0 Å². The predicted octanol–water partition coefficient (Wildman–Crippen LogP) is -8.56. The van der Waals surface area contributed by atoms with Gasteiger partial charge in [0.25, 0.3) is 0 Å². The minimum absolute atomic E-state index is 0. The van der Waals surface area contributed by atoms with Crippen molar-refractivity contribution in [2.45, 2.75) is 0 Å². The summed E-state index contributed by atoms with van der Waals surface area (Å²) in [6.07, 6.45) is -2.33. The monoisotopic (exact) mass is 177 g/mol. The van der Waals surface area contributed by atoms with E-state index in [1.165, 1.54) is 0 Å². The van der Waals surface area contributed by atoms with Gasteiger partial charge >= 0.3 is 78.9 Å². The maximum atomic E-state index is 8.33. The number of hydrogen-bond donors (Lipinski definition) is 0. The molecule has 0 rings (SSSR count). The Morgan fingerprint density at radius 1 is 1.12 bits per heavy atom. The van der Waals surface area contributed by atoms with Gasteiger partial charge in [-0.05, 0) is 6.16 Å². The molecule has 0 radical (unpaired) electrons. The molecule has 0 heterocycles. The average Bonchev–Trinajstić information content (AvgIpc) is 1.41. The maximum absolute atomic E-state index is 8.33. The van der Waals surface area contributed by atoms with Crippen LogP contribution in [0.5, 0.6) is 0 Å². The molecule has 0 unspecified atom stereocenters. The molecule has 0 bridgehead atoms. The molecule has 0 aliphatic carbocycles. The number of rotatable bonds is 0. The summed E-state index contributed by atoms with van der Waals surface area (Å²) in [5, 5.41) is 16.7. The molecule has 0 aliphatic rings. The van der Waals surface area contributed by atoms with Crippen LogP contribution in [-0.4, -0.2) is 6.16 Å². The second-order valence-corrected chi connectivity index (χ2v) is 0.250. The van der Waals surface area contributed by atoms with Gasteiger partial charge in [-0.3, -0.25) is 0 Å². The van der Waals surface area contributed by atoms with Crippen LogP contribution in [0, 0.1) is 0 Å². The van der Waals surface area contributed by atoms with E-state index in [2.05, 4.69) is 0 Å². The van der Waals surface area contributed by atoms with E-state index in [-0.39, 0.29) is 59.1 Å². The molecule has 0 N–H and O–H groups in total. The van der Waals surface area contributed by atoms with E-state index in [1.54, 1.807) is 15.9 Å². The van der Waals surface area contributed by atoms with Gasteiger partial charge in [0.05, 0.1) is 0 Å². The molecule has 0 saturated heterocycles. The van der Waals surface area contributed by atoms with Crippen LogP contribution in [0.4, 0.5) is 4.79 Å². The van der Waals surface area contributed by atoms with E-state index in [9.17, 15) is 0 Å². The normalized spacial score (nSPS) is 3.50. The molecular weight excluding hydrogens is 177 g/mol. The zero-order chi connectivity index (χ0) is 5.58. The third kappa shape index (κ3) is 130. The summed E-state index contributed by atoms with van der Waals surface area (Å²) in [4.78, 5) is 8.33. The fourth-order valence-electron chi connectivity index (χ4n) is 0. The average molecular weight is 177 g/mol. The Bertz CT molecular complexity index is 45.3. The molecule has 0 aromatic heterocycles. The third-order valence-corrected chi connectivity index (χ3v) is 0. The van der Waals surface area contributed by atoms with Gasteiger partial charge in [0.2, 0.25) is 0 Å². The SMILES string of the molecule is O=C([O-])[O-].[Na+].[Na+].[O]=[Mn]. The molecule has 0 aromatic carbocycles. The van der Waals surface area contributed by atoms with Crippen molar-refractivity contribution >= 4 is 6.16 Å². The summed E-state index contributed by atoms with van der Waals surface area (Å²) < 4.78 is 8.06. The van der Waals surface area contributed by atoms with Crippen molar-refractivity contribution in [1.82, 2.24) is 0 Å². The van der Waals surface area contributed by atoms with Crippen LogP contribution < -0.4 is 69.3 Å². The van der Waals surface area contributed by atoms with Crippen molar-refractivity contribution in [3.05, 3.63) is 0 Å². The molecule has 4 nitrogen and oxygen atoms in total. The summed E-state index contributed by atoms with van der Waals surface area (Å²) in [6.45, 7) is 0. The second-order valence-electron chi connectivity index (χ2n) is 0.250. The van der Waals surface area contributed by atoms with E-state index >= 15 is 0 Å². The van der Waals surface area contributed by atoms with Gasteiger partial charge in [-0.25, -0.2) is 0 Å². The molecule has 0 amide bonds. The van der Waals surface area contributed by atoms with Gasteiger partial charge in [-0.2, -0.15) is 0 Å². The van der Waals surface area contributed by atoms with Crippen molar-refractivity contribution in [3.8, 4) is 0 Å². The summed E-state index contributed by atoms with van der Waals surface area (Å²) in [7, 11) is 0. The minimum atomic E-state index is -2.33. The summed E-state index contributed by atoms with van der Waals surface area (Å²) in [6, 6.07) is 0. The molecule has 0 spiro atoms. The van der Waals surface area contributed by atoms with E-state index in [0.29, 0.717) is 0 Å². The van der Waals surface area contributed by atoms with Crippen molar-refractivity contribution in [2.75, 3.05) is 0 Å². The van der Waals surface area contributed by atoms with Gasteiger partial charge in [0.1, 0.15) is 0 Å². The Kier molecular flexibility index (Phi) is 66.5. The number of carbonyl (C=O) groups excluding carboxylic acids is 1. The summed E-state index contributed by atoms with van der Waals surface area (Å²) in [5.41, 5.74) is 0. The van der Waals surface area contributed by atoms with Crippen LogP contribution >= 0.6 is 0 Å². The first-order chi connectivity index (χ1) is 2.73. The van der Waals surface area contributed by atoms with E-state index < -0.39 is 6.16 Å². The van der Waals surface area contributed by atoms with Crippen molar-refractivity contribution in [1.29, 1.82) is 0 Å². The summed E-state index contributed by atoms with van der Waals surface area (Å²) in [5.74, 6) is 0. The van der Waals surface area contributed by atoms with Crippen LogP contribution in [0.1, 0.15) is 0 Å². The van der Waals surface area contributed by atoms with Gasteiger partial charge in [-0.1, -0.05) is 0 Å². The number of carboxylic acid groups (broad SMARTS) is 2. The van der Waals surface area contributed by atoms with Crippen LogP contribution in [0.3, 0.4) is 0 Å². The summed E-state index contributed by atoms with van der Waals surface area (Å²) >= 11 is 1.69. The fraction of sp³-hybridized carbons (Fsp3) is 0. The van der Waals surface area contributed by atoms with Crippen LogP contribution in [-0.2, 0) is 19.8 Å². The molecular formula is CMnNa2O4. The number of hydrogen-bond acceptors (Lipinski definition) is 4.